The lowest BCUT2D eigenvalue weighted by Gasteiger charge is -2.22. The smallest absolute Gasteiger partial charge is 0.335 e. The second-order valence-corrected chi connectivity index (χ2v) is 4.19. The summed E-state index contributed by atoms with van der Waals surface area (Å²) in [5.41, 5.74) is 6.83. The molecule has 0 spiro atoms. The largest absolute Gasteiger partial charge is 0.478 e. The van der Waals surface area contributed by atoms with Crippen LogP contribution in [0.15, 0.2) is 24.3 Å². The molecule has 17 heavy (non-hydrogen) atoms. The topological polar surface area (TPSA) is 83.5 Å². The maximum Gasteiger partial charge on any atom is 0.335 e. The SMILES string of the molecule is CC(C)[C@@H](O)[C@@H](N)c1ccc(C(=O)O)cc1.Cl. The van der Waals surface area contributed by atoms with Crippen LogP contribution in [0.25, 0.3) is 0 Å². The van der Waals surface area contributed by atoms with Crippen molar-refractivity contribution in [3.63, 3.8) is 0 Å². The fourth-order valence-electron chi connectivity index (χ4n) is 1.46. The molecule has 4 nitrogen and oxygen atoms in total. The molecule has 0 fully saturated rings. The van der Waals surface area contributed by atoms with E-state index >= 15 is 0 Å². The molecule has 96 valence electrons. The minimum Gasteiger partial charge on any atom is -0.478 e. The zero-order valence-corrected chi connectivity index (χ0v) is 10.6. The Morgan fingerprint density at radius 1 is 1.24 bits per heavy atom. The normalized spacial score (nSPS) is 13.9. The van der Waals surface area contributed by atoms with Gasteiger partial charge >= 0.3 is 5.97 Å². The van der Waals surface area contributed by atoms with Crippen molar-refractivity contribution in [2.24, 2.45) is 11.7 Å². The van der Waals surface area contributed by atoms with E-state index in [1.807, 2.05) is 13.8 Å². The first-order chi connectivity index (χ1) is 7.43. The monoisotopic (exact) mass is 259 g/mol. The number of hydrogen-bond acceptors (Lipinski definition) is 3. The zero-order valence-electron chi connectivity index (χ0n) is 9.83. The first-order valence-corrected chi connectivity index (χ1v) is 5.20. The Hall–Kier alpha value is -1.10. The molecule has 0 bridgehead atoms. The van der Waals surface area contributed by atoms with Gasteiger partial charge in [-0.3, -0.25) is 0 Å². The Bertz CT molecular complexity index is 365. The minimum absolute atomic E-state index is 0. The number of carboxylic acids is 1. The van der Waals surface area contributed by atoms with Gasteiger partial charge in [0.1, 0.15) is 0 Å². The van der Waals surface area contributed by atoms with E-state index in [1.165, 1.54) is 12.1 Å². The van der Waals surface area contributed by atoms with Crippen LogP contribution in [0, 0.1) is 5.92 Å². The van der Waals surface area contributed by atoms with E-state index in [-0.39, 0.29) is 23.9 Å². The van der Waals surface area contributed by atoms with E-state index in [2.05, 4.69) is 0 Å². The van der Waals surface area contributed by atoms with Crippen LogP contribution in [-0.4, -0.2) is 22.3 Å². The van der Waals surface area contributed by atoms with Crippen LogP contribution < -0.4 is 5.73 Å². The highest BCUT2D eigenvalue weighted by Gasteiger charge is 2.20. The van der Waals surface area contributed by atoms with Crippen molar-refractivity contribution in [2.45, 2.75) is 26.0 Å². The highest BCUT2D eigenvalue weighted by atomic mass is 35.5. The summed E-state index contributed by atoms with van der Waals surface area (Å²) >= 11 is 0. The molecule has 0 amide bonds. The van der Waals surface area contributed by atoms with Gasteiger partial charge in [0.15, 0.2) is 0 Å². The number of carbonyl (C=O) groups is 1. The number of hydrogen-bond donors (Lipinski definition) is 3. The molecule has 0 radical (unpaired) electrons. The van der Waals surface area contributed by atoms with Gasteiger partial charge in [0.25, 0.3) is 0 Å². The van der Waals surface area contributed by atoms with Gasteiger partial charge in [0.05, 0.1) is 17.7 Å². The molecule has 0 aliphatic rings. The van der Waals surface area contributed by atoms with E-state index in [9.17, 15) is 9.90 Å². The summed E-state index contributed by atoms with van der Waals surface area (Å²) in [6.07, 6.45) is -0.629. The van der Waals surface area contributed by atoms with Gasteiger partial charge in [0, 0.05) is 0 Å². The van der Waals surface area contributed by atoms with Crippen LogP contribution in [0.1, 0.15) is 35.8 Å². The van der Waals surface area contributed by atoms with Gasteiger partial charge in [-0.15, -0.1) is 12.4 Å². The van der Waals surface area contributed by atoms with Crippen molar-refractivity contribution < 1.29 is 15.0 Å². The van der Waals surface area contributed by atoms with E-state index in [1.54, 1.807) is 12.1 Å². The molecule has 2 atom stereocenters. The van der Waals surface area contributed by atoms with Crippen LogP contribution in [0.5, 0.6) is 0 Å². The summed E-state index contributed by atoms with van der Waals surface area (Å²) in [5, 5.41) is 18.5. The lowest BCUT2D eigenvalue weighted by Crippen LogP contribution is -2.30. The van der Waals surface area contributed by atoms with Gasteiger partial charge in [-0.25, -0.2) is 4.79 Å². The van der Waals surface area contributed by atoms with Crippen molar-refractivity contribution in [1.82, 2.24) is 0 Å². The second kappa shape index (κ2) is 6.59. The molecule has 0 aliphatic heterocycles. The Morgan fingerprint density at radius 2 is 1.71 bits per heavy atom. The van der Waals surface area contributed by atoms with Crippen LogP contribution >= 0.6 is 12.4 Å². The minimum atomic E-state index is -0.968. The summed E-state index contributed by atoms with van der Waals surface area (Å²) in [6.45, 7) is 3.77. The summed E-state index contributed by atoms with van der Waals surface area (Å²) in [5.74, 6) is -0.904. The molecule has 0 saturated carbocycles. The van der Waals surface area contributed by atoms with Crippen molar-refractivity contribution >= 4 is 18.4 Å². The number of halogens is 1. The number of aromatic carboxylic acids is 1. The molecule has 0 heterocycles. The summed E-state index contributed by atoms with van der Waals surface area (Å²) < 4.78 is 0. The van der Waals surface area contributed by atoms with Gasteiger partial charge < -0.3 is 15.9 Å². The number of rotatable bonds is 4. The molecule has 0 saturated heterocycles. The maximum atomic E-state index is 10.6. The third-order valence-corrected chi connectivity index (χ3v) is 2.59. The Kier molecular flexibility index (Phi) is 6.16. The fourth-order valence-corrected chi connectivity index (χ4v) is 1.46. The standard InChI is InChI=1S/C12H17NO3.ClH/c1-7(2)11(14)10(13)8-3-5-9(6-4-8)12(15)16;/h3-7,10-11,14H,13H2,1-2H3,(H,15,16);1H/t10-,11+;/m0./s1. The van der Waals surface area contributed by atoms with Crippen LogP contribution in [-0.2, 0) is 0 Å². The van der Waals surface area contributed by atoms with E-state index in [0.717, 1.165) is 5.56 Å². The van der Waals surface area contributed by atoms with Gasteiger partial charge in [-0.2, -0.15) is 0 Å². The zero-order chi connectivity index (χ0) is 12.3. The lowest BCUT2D eigenvalue weighted by atomic mass is 9.94. The van der Waals surface area contributed by atoms with Gasteiger partial charge in [-0.1, -0.05) is 26.0 Å². The Labute approximate surface area is 107 Å². The van der Waals surface area contributed by atoms with E-state index < -0.39 is 18.1 Å². The lowest BCUT2D eigenvalue weighted by molar-refractivity contribution is 0.0697. The number of aliphatic hydroxyl groups is 1. The predicted octanol–water partition coefficient (Wildman–Crippen LogP) is 1.82. The van der Waals surface area contributed by atoms with Crippen LogP contribution in [0.4, 0.5) is 0 Å². The molecule has 0 aromatic heterocycles. The molecule has 1 rings (SSSR count). The molecule has 5 heteroatoms. The molecule has 4 N–H and O–H groups in total. The van der Waals surface area contributed by atoms with Crippen LogP contribution in [0.3, 0.4) is 0 Å². The number of nitrogens with two attached hydrogens (primary N) is 1. The van der Waals surface area contributed by atoms with E-state index in [0.29, 0.717) is 0 Å². The molecular formula is C12H18ClNO3. The van der Waals surface area contributed by atoms with Crippen molar-refractivity contribution in [3.8, 4) is 0 Å². The highest BCUT2D eigenvalue weighted by molar-refractivity contribution is 5.87. The first kappa shape index (κ1) is 15.9. The molecular weight excluding hydrogens is 242 g/mol. The second-order valence-electron chi connectivity index (χ2n) is 4.19. The average Bonchev–Trinajstić information content (AvgIpc) is 2.27. The third kappa shape index (κ3) is 4.00. The summed E-state index contributed by atoms with van der Waals surface area (Å²) in [4.78, 5) is 10.6. The Balaban J connectivity index is 0.00000256. The number of benzene rings is 1. The summed E-state index contributed by atoms with van der Waals surface area (Å²) in [7, 11) is 0. The van der Waals surface area contributed by atoms with Crippen molar-refractivity contribution in [2.75, 3.05) is 0 Å². The summed E-state index contributed by atoms with van der Waals surface area (Å²) in [6, 6.07) is 5.78. The molecule has 0 aliphatic carbocycles. The van der Waals surface area contributed by atoms with Gasteiger partial charge in [-0.05, 0) is 23.6 Å². The molecule has 1 aromatic carbocycles. The quantitative estimate of drug-likeness (QED) is 0.770. The third-order valence-electron chi connectivity index (χ3n) is 2.59. The van der Waals surface area contributed by atoms with Crippen molar-refractivity contribution in [1.29, 1.82) is 0 Å². The fraction of sp³-hybridized carbons (Fsp3) is 0.417. The number of aliphatic hydroxyl groups excluding tert-OH is 1. The Morgan fingerprint density at radius 3 is 2.06 bits per heavy atom. The molecule has 0 unspecified atom stereocenters. The van der Waals surface area contributed by atoms with Crippen LogP contribution in [0.2, 0.25) is 0 Å². The first-order valence-electron chi connectivity index (χ1n) is 5.20. The van der Waals surface area contributed by atoms with E-state index in [4.69, 9.17) is 10.8 Å². The maximum absolute atomic E-state index is 10.6. The van der Waals surface area contributed by atoms with Crippen molar-refractivity contribution in [3.05, 3.63) is 35.4 Å². The van der Waals surface area contributed by atoms with Gasteiger partial charge in [0.2, 0.25) is 0 Å². The molecule has 1 aromatic rings. The highest BCUT2D eigenvalue weighted by Crippen LogP contribution is 2.19. The number of carboxylic acid groups (broad SMARTS) is 1. The average molecular weight is 260 g/mol. The predicted molar refractivity (Wildman–Crippen MR) is 68.4 cm³/mol.